The molecule has 19 heavy (non-hydrogen) atoms. The van der Waals surface area contributed by atoms with Gasteiger partial charge in [0.05, 0.1) is 10.2 Å². The molecule has 0 spiro atoms. The Labute approximate surface area is 124 Å². The van der Waals surface area contributed by atoms with Crippen LogP contribution in [-0.2, 0) is 6.42 Å². The van der Waals surface area contributed by atoms with Crippen molar-refractivity contribution >= 4 is 37.5 Å². The lowest BCUT2D eigenvalue weighted by Gasteiger charge is -2.03. The van der Waals surface area contributed by atoms with E-state index in [1.165, 1.54) is 10.3 Å². The summed E-state index contributed by atoms with van der Waals surface area (Å²) in [7, 11) is 0. The number of fused-ring (bicyclic) bond motifs is 1. The van der Waals surface area contributed by atoms with E-state index in [1.54, 1.807) is 11.3 Å². The van der Waals surface area contributed by atoms with E-state index in [-0.39, 0.29) is 0 Å². The number of halogens is 1. The van der Waals surface area contributed by atoms with Crippen molar-refractivity contribution < 1.29 is 0 Å². The lowest BCUT2D eigenvalue weighted by atomic mass is 10.1. The quantitative estimate of drug-likeness (QED) is 0.582. The lowest BCUT2D eigenvalue weighted by Crippen LogP contribution is -1.84. The number of rotatable bonds is 3. The Morgan fingerprint density at radius 1 is 1.21 bits per heavy atom. The first kappa shape index (κ1) is 12.6. The smallest absolute Gasteiger partial charge is 0.124 e. The summed E-state index contributed by atoms with van der Waals surface area (Å²) in [6.45, 7) is 3.78. The third kappa shape index (κ3) is 2.48. The van der Waals surface area contributed by atoms with Crippen molar-refractivity contribution in [1.82, 2.24) is 4.98 Å². The van der Waals surface area contributed by atoms with Crippen LogP contribution < -0.4 is 0 Å². The molecule has 0 aliphatic heterocycles. The molecule has 1 aromatic heterocycles. The Balaban J connectivity index is 2.06. The average Bonchev–Trinajstić information content (AvgIpc) is 2.85. The van der Waals surface area contributed by atoms with Crippen LogP contribution in [0.2, 0.25) is 0 Å². The Morgan fingerprint density at radius 3 is 2.79 bits per heavy atom. The molecule has 0 N–H and O–H groups in total. The van der Waals surface area contributed by atoms with Gasteiger partial charge in [-0.15, -0.1) is 17.9 Å². The average molecular weight is 330 g/mol. The Morgan fingerprint density at radius 2 is 2.05 bits per heavy atom. The number of hydrogen-bond donors (Lipinski definition) is 0. The van der Waals surface area contributed by atoms with Crippen LogP contribution in [-0.4, -0.2) is 4.98 Å². The topological polar surface area (TPSA) is 12.9 Å². The number of aromatic nitrogens is 1. The van der Waals surface area contributed by atoms with E-state index in [0.717, 1.165) is 27.0 Å². The summed E-state index contributed by atoms with van der Waals surface area (Å²) >= 11 is 5.34. The van der Waals surface area contributed by atoms with E-state index in [0.29, 0.717) is 0 Å². The minimum absolute atomic E-state index is 0.876. The highest BCUT2D eigenvalue weighted by molar-refractivity contribution is 9.10. The summed E-state index contributed by atoms with van der Waals surface area (Å²) in [5, 5.41) is 1.06. The van der Waals surface area contributed by atoms with Gasteiger partial charge in [-0.25, -0.2) is 4.98 Å². The second kappa shape index (κ2) is 5.27. The zero-order valence-electron chi connectivity index (χ0n) is 10.3. The highest BCUT2D eigenvalue weighted by Crippen LogP contribution is 2.32. The Hall–Kier alpha value is -1.45. The molecule has 3 rings (SSSR count). The van der Waals surface area contributed by atoms with Crippen molar-refractivity contribution in [1.29, 1.82) is 0 Å². The molecule has 0 saturated heterocycles. The number of para-hydroxylation sites is 1. The highest BCUT2D eigenvalue weighted by atomic mass is 79.9. The molecular weight excluding hydrogens is 318 g/mol. The number of thiazole rings is 1. The molecule has 0 aliphatic carbocycles. The fourth-order valence-corrected chi connectivity index (χ4v) is 3.50. The van der Waals surface area contributed by atoms with Crippen LogP contribution in [0.1, 0.15) is 5.56 Å². The number of benzene rings is 2. The van der Waals surface area contributed by atoms with Crippen molar-refractivity contribution in [3.05, 3.63) is 65.2 Å². The maximum absolute atomic E-state index is 4.68. The van der Waals surface area contributed by atoms with Crippen LogP contribution in [0.4, 0.5) is 0 Å². The molecule has 0 radical (unpaired) electrons. The van der Waals surface area contributed by atoms with Crippen molar-refractivity contribution in [2.45, 2.75) is 6.42 Å². The third-order valence-corrected chi connectivity index (χ3v) is 4.78. The molecule has 1 heterocycles. The van der Waals surface area contributed by atoms with Crippen LogP contribution in [0.15, 0.2) is 59.6 Å². The fraction of sp³-hybridized carbons (Fsp3) is 0.0625. The molecule has 0 fully saturated rings. The van der Waals surface area contributed by atoms with Crippen molar-refractivity contribution in [3.63, 3.8) is 0 Å². The molecule has 0 bridgehead atoms. The number of nitrogens with zero attached hydrogens (tertiary/aromatic N) is 1. The van der Waals surface area contributed by atoms with E-state index in [2.05, 4.69) is 57.8 Å². The molecule has 1 nitrogen and oxygen atoms in total. The molecule has 0 saturated carbocycles. The number of allylic oxidation sites excluding steroid dienone is 1. The van der Waals surface area contributed by atoms with E-state index >= 15 is 0 Å². The van der Waals surface area contributed by atoms with E-state index in [1.807, 2.05) is 18.2 Å². The van der Waals surface area contributed by atoms with Gasteiger partial charge in [0.1, 0.15) is 5.01 Å². The normalized spacial score (nSPS) is 10.8. The van der Waals surface area contributed by atoms with Gasteiger partial charge >= 0.3 is 0 Å². The van der Waals surface area contributed by atoms with Crippen molar-refractivity contribution in [3.8, 4) is 10.6 Å². The van der Waals surface area contributed by atoms with E-state index < -0.39 is 0 Å². The summed E-state index contributed by atoms with van der Waals surface area (Å²) < 4.78 is 2.34. The van der Waals surface area contributed by atoms with Gasteiger partial charge in [-0.1, -0.05) is 46.3 Å². The van der Waals surface area contributed by atoms with Gasteiger partial charge in [0.2, 0.25) is 0 Å². The fourth-order valence-electron chi connectivity index (χ4n) is 2.00. The highest BCUT2D eigenvalue weighted by Gasteiger charge is 2.07. The van der Waals surface area contributed by atoms with Crippen molar-refractivity contribution in [2.24, 2.45) is 0 Å². The van der Waals surface area contributed by atoms with Gasteiger partial charge in [-0.2, -0.15) is 0 Å². The zero-order valence-corrected chi connectivity index (χ0v) is 12.7. The second-order valence-corrected chi connectivity index (χ2v) is 6.17. The van der Waals surface area contributed by atoms with Gasteiger partial charge in [0.25, 0.3) is 0 Å². The standard InChI is InChI=1S/C16H12BrNS/c1-2-5-11-8-9-12(10-13(11)17)16-18-14-6-3-4-7-15(14)19-16/h2-4,6-10H,1,5H2. The number of hydrogen-bond acceptors (Lipinski definition) is 2. The first-order chi connectivity index (χ1) is 9.28. The predicted octanol–water partition coefficient (Wildman–Crippen LogP) is 5.45. The van der Waals surface area contributed by atoms with Gasteiger partial charge in [-0.3, -0.25) is 0 Å². The van der Waals surface area contributed by atoms with Crippen LogP contribution >= 0.6 is 27.3 Å². The first-order valence-electron chi connectivity index (χ1n) is 6.03. The molecule has 94 valence electrons. The lowest BCUT2D eigenvalue weighted by molar-refractivity contribution is 1.26. The third-order valence-electron chi connectivity index (χ3n) is 2.96. The van der Waals surface area contributed by atoms with Crippen LogP contribution in [0, 0.1) is 0 Å². The monoisotopic (exact) mass is 329 g/mol. The first-order valence-corrected chi connectivity index (χ1v) is 7.64. The van der Waals surface area contributed by atoms with Gasteiger partial charge in [-0.05, 0) is 30.2 Å². The van der Waals surface area contributed by atoms with E-state index in [4.69, 9.17) is 0 Å². The molecule has 3 heteroatoms. The minimum atomic E-state index is 0.876. The van der Waals surface area contributed by atoms with Crippen LogP contribution in [0.5, 0.6) is 0 Å². The molecule has 0 aliphatic rings. The predicted molar refractivity (Wildman–Crippen MR) is 86.7 cm³/mol. The molecule has 0 unspecified atom stereocenters. The molecule has 0 amide bonds. The summed E-state index contributed by atoms with van der Waals surface area (Å²) in [6.07, 6.45) is 2.79. The van der Waals surface area contributed by atoms with Crippen LogP contribution in [0.25, 0.3) is 20.8 Å². The zero-order chi connectivity index (χ0) is 13.2. The SMILES string of the molecule is C=CCc1ccc(-c2nc3ccccc3s2)cc1Br. The van der Waals surface area contributed by atoms with Gasteiger partial charge in [0.15, 0.2) is 0 Å². The van der Waals surface area contributed by atoms with E-state index in [9.17, 15) is 0 Å². The van der Waals surface area contributed by atoms with Gasteiger partial charge in [0, 0.05) is 10.0 Å². The Kier molecular flexibility index (Phi) is 3.49. The van der Waals surface area contributed by atoms with Crippen molar-refractivity contribution in [2.75, 3.05) is 0 Å². The molecule has 0 atom stereocenters. The molecule has 3 aromatic rings. The second-order valence-electron chi connectivity index (χ2n) is 4.29. The molecule has 2 aromatic carbocycles. The summed E-state index contributed by atoms with van der Waals surface area (Å²) in [4.78, 5) is 4.68. The van der Waals surface area contributed by atoms with Crippen LogP contribution in [0.3, 0.4) is 0 Å². The summed E-state index contributed by atoms with van der Waals surface area (Å²) in [6, 6.07) is 14.6. The largest absolute Gasteiger partial charge is 0.236 e. The Bertz CT molecular complexity index is 712. The maximum Gasteiger partial charge on any atom is 0.124 e. The summed E-state index contributed by atoms with van der Waals surface area (Å²) in [5.74, 6) is 0. The minimum Gasteiger partial charge on any atom is -0.236 e. The maximum atomic E-state index is 4.68. The summed E-state index contributed by atoms with van der Waals surface area (Å²) in [5.41, 5.74) is 3.47. The van der Waals surface area contributed by atoms with Gasteiger partial charge < -0.3 is 0 Å². The molecular formula is C16H12BrNS.